The Morgan fingerprint density at radius 3 is 2.70 bits per heavy atom. The zero-order valence-corrected chi connectivity index (χ0v) is 13.5. The molecule has 1 aliphatic heterocycles. The molecule has 1 N–H and O–H groups in total. The predicted molar refractivity (Wildman–Crippen MR) is 86.9 cm³/mol. The van der Waals surface area contributed by atoms with Crippen LogP contribution in [0.25, 0.3) is 0 Å². The fraction of sp³-hybridized carbons (Fsp3) is 0.222. The minimum Gasteiger partial charge on any atom is -1.00 e. The van der Waals surface area contributed by atoms with Gasteiger partial charge < -0.3 is 31.9 Å². The van der Waals surface area contributed by atoms with Gasteiger partial charge in [-0.25, -0.2) is 0 Å². The van der Waals surface area contributed by atoms with Gasteiger partial charge >= 0.3 is 0 Å². The lowest BCUT2D eigenvalue weighted by Crippen LogP contribution is -3.00. The average Bonchev–Trinajstić information content (AvgIpc) is 2.58. The summed E-state index contributed by atoms with van der Waals surface area (Å²) in [7, 11) is 0. The average molecular weight is 333 g/mol. The third-order valence-corrected chi connectivity index (χ3v) is 3.35. The molecule has 0 saturated carbocycles. The second-order valence-corrected chi connectivity index (χ2v) is 4.92. The Labute approximate surface area is 142 Å². The lowest BCUT2D eigenvalue weighted by molar-refractivity contribution is -0.00000535. The Morgan fingerprint density at radius 2 is 1.87 bits per heavy atom. The molecule has 5 heteroatoms. The van der Waals surface area contributed by atoms with Crippen LogP contribution in [0.4, 0.5) is 5.69 Å². The SMILES string of the molecule is C=CCOc1ccccc1CNc1ccc2c(c1)OCCO2.[Cl-]. The summed E-state index contributed by atoms with van der Waals surface area (Å²) in [5.74, 6) is 2.45. The van der Waals surface area contributed by atoms with Crippen LogP contribution in [0.2, 0.25) is 0 Å². The number of fused-ring (bicyclic) bond motifs is 1. The number of ether oxygens (including phenoxy) is 3. The lowest BCUT2D eigenvalue weighted by Gasteiger charge is -2.19. The molecule has 2 aromatic rings. The van der Waals surface area contributed by atoms with E-state index in [4.69, 9.17) is 14.2 Å². The summed E-state index contributed by atoms with van der Waals surface area (Å²) in [6, 6.07) is 13.8. The number of hydrogen-bond donors (Lipinski definition) is 1. The molecule has 122 valence electrons. The maximum Gasteiger partial charge on any atom is 0.163 e. The topological polar surface area (TPSA) is 39.7 Å². The van der Waals surface area contributed by atoms with Gasteiger partial charge in [0.2, 0.25) is 0 Å². The van der Waals surface area contributed by atoms with Crippen molar-refractivity contribution in [2.24, 2.45) is 0 Å². The minimum absolute atomic E-state index is 0. The van der Waals surface area contributed by atoms with Crippen LogP contribution in [-0.4, -0.2) is 19.8 Å². The van der Waals surface area contributed by atoms with Crippen LogP contribution in [0, 0.1) is 0 Å². The molecule has 0 saturated heterocycles. The molecule has 2 aromatic carbocycles. The highest BCUT2D eigenvalue weighted by atomic mass is 35.5. The van der Waals surface area contributed by atoms with E-state index in [1.807, 2.05) is 42.5 Å². The van der Waals surface area contributed by atoms with Crippen LogP contribution >= 0.6 is 0 Å². The van der Waals surface area contributed by atoms with E-state index in [1.54, 1.807) is 6.08 Å². The van der Waals surface area contributed by atoms with Crippen LogP contribution in [0.3, 0.4) is 0 Å². The molecule has 1 aliphatic rings. The van der Waals surface area contributed by atoms with Crippen molar-refractivity contribution in [2.75, 3.05) is 25.1 Å². The first-order chi connectivity index (χ1) is 10.9. The first-order valence-corrected chi connectivity index (χ1v) is 7.32. The normalized spacial score (nSPS) is 12.0. The number of halogens is 1. The first-order valence-electron chi connectivity index (χ1n) is 7.32. The van der Waals surface area contributed by atoms with Crippen molar-refractivity contribution in [1.29, 1.82) is 0 Å². The van der Waals surface area contributed by atoms with Crippen LogP contribution in [0.1, 0.15) is 5.56 Å². The Hall–Kier alpha value is -2.33. The smallest absolute Gasteiger partial charge is 0.163 e. The Kier molecular flexibility index (Phi) is 6.18. The van der Waals surface area contributed by atoms with Gasteiger partial charge in [0.15, 0.2) is 11.5 Å². The first kappa shape index (κ1) is 17.0. The van der Waals surface area contributed by atoms with E-state index in [2.05, 4.69) is 11.9 Å². The summed E-state index contributed by atoms with van der Waals surface area (Å²) >= 11 is 0. The van der Waals surface area contributed by atoms with Gasteiger partial charge in [-0.2, -0.15) is 0 Å². The van der Waals surface area contributed by atoms with Crippen LogP contribution < -0.4 is 31.9 Å². The molecule has 4 nitrogen and oxygen atoms in total. The molecule has 0 fully saturated rings. The van der Waals surface area contributed by atoms with Crippen molar-refractivity contribution in [3.8, 4) is 17.2 Å². The Morgan fingerprint density at radius 1 is 1.09 bits per heavy atom. The van der Waals surface area contributed by atoms with Crippen LogP contribution in [-0.2, 0) is 6.54 Å². The summed E-state index contributed by atoms with van der Waals surface area (Å²) < 4.78 is 16.8. The lowest BCUT2D eigenvalue weighted by atomic mass is 10.2. The van der Waals surface area contributed by atoms with Gasteiger partial charge in [0.05, 0.1) is 0 Å². The van der Waals surface area contributed by atoms with Gasteiger partial charge in [-0.15, -0.1) is 0 Å². The number of hydrogen-bond acceptors (Lipinski definition) is 4. The predicted octanol–water partition coefficient (Wildman–Crippen LogP) is 0.639. The zero-order valence-electron chi connectivity index (χ0n) is 12.8. The molecular formula is C18H19ClNO3-. The van der Waals surface area contributed by atoms with Crippen LogP contribution in [0.5, 0.6) is 17.2 Å². The second kappa shape index (κ2) is 8.34. The standard InChI is InChI=1S/C18H19NO3.ClH/c1-2-9-20-16-6-4-3-5-14(16)13-19-15-7-8-17-18(12-15)22-11-10-21-17;/h2-8,12,19H,1,9-11,13H2;1H/p-1. The van der Waals surface area contributed by atoms with E-state index in [-0.39, 0.29) is 12.4 Å². The minimum atomic E-state index is 0. The van der Waals surface area contributed by atoms with Crippen molar-refractivity contribution < 1.29 is 26.6 Å². The monoisotopic (exact) mass is 332 g/mol. The molecule has 3 rings (SSSR count). The molecule has 0 radical (unpaired) electrons. The molecule has 0 atom stereocenters. The molecule has 0 aromatic heterocycles. The molecule has 0 aliphatic carbocycles. The van der Waals surface area contributed by atoms with Gasteiger partial charge in [-0.05, 0) is 18.2 Å². The van der Waals surface area contributed by atoms with E-state index < -0.39 is 0 Å². The van der Waals surface area contributed by atoms with Gasteiger partial charge in [0, 0.05) is 23.9 Å². The molecular weight excluding hydrogens is 314 g/mol. The molecule has 0 unspecified atom stereocenters. The van der Waals surface area contributed by atoms with Crippen molar-refractivity contribution in [2.45, 2.75) is 6.54 Å². The highest BCUT2D eigenvalue weighted by molar-refractivity contribution is 5.55. The summed E-state index contributed by atoms with van der Waals surface area (Å²) in [6.07, 6.45) is 1.74. The molecule has 23 heavy (non-hydrogen) atoms. The fourth-order valence-corrected chi connectivity index (χ4v) is 2.29. The largest absolute Gasteiger partial charge is 1.00 e. The number of nitrogens with one attached hydrogen (secondary N) is 1. The third-order valence-electron chi connectivity index (χ3n) is 3.35. The van der Waals surface area contributed by atoms with Crippen molar-refractivity contribution in [1.82, 2.24) is 0 Å². The van der Waals surface area contributed by atoms with Crippen molar-refractivity contribution in [3.05, 3.63) is 60.7 Å². The summed E-state index contributed by atoms with van der Waals surface area (Å²) in [6.45, 7) is 6.05. The summed E-state index contributed by atoms with van der Waals surface area (Å²) in [5, 5.41) is 3.39. The number of benzene rings is 2. The maximum absolute atomic E-state index is 5.66. The Balaban J connectivity index is 0.00000192. The molecule has 1 heterocycles. The van der Waals surface area contributed by atoms with Gasteiger partial charge in [0.1, 0.15) is 25.6 Å². The van der Waals surface area contributed by atoms with Crippen molar-refractivity contribution >= 4 is 5.69 Å². The number of rotatable bonds is 6. The summed E-state index contributed by atoms with van der Waals surface area (Å²) in [4.78, 5) is 0. The molecule has 0 amide bonds. The van der Waals surface area contributed by atoms with E-state index >= 15 is 0 Å². The molecule has 0 bridgehead atoms. The van der Waals surface area contributed by atoms with E-state index in [1.165, 1.54) is 0 Å². The number of para-hydroxylation sites is 1. The van der Waals surface area contributed by atoms with E-state index in [0.717, 1.165) is 28.5 Å². The fourth-order valence-electron chi connectivity index (χ4n) is 2.29. The second-order valence-electron chi connectivity index (χ2n) is 4.92. The highest BCUT2D eigenvalue weighted by Crippen LogP contribution is 2.33. The van der Waals surface area contributed by atoms with Gasteiger partial charge in [-0.1, -0.05) is 30.9 Å². The van der Waals surface area contributed by atoms with Crippen molar-refractivity contribution in [3.63, 3.8) is 0 Å². The van der Waals surface area contributed by atoms with E-state index in [9.17, 15) is 0 Å². The zero-order chi connectivity index (χ0) is 15.2. The van der Waals surface area contributed by atoms with Crippen LogP contribution in [0.15, 0.2) is 55.1 Å². The summed E-state index contributed by atoms with van der Waals surface area (Å²) in [5.41, 5.74) is 2.09. The maximum atomic E-state index is 5.66. The molecule has 0 spiro atoms. The third kappa shape index (κ3) is 4.33. The number of anilines is 1. The van der Waals surface area contributed by atoms with Gasteiger partial charge in [-0.3, -0.25) is 0 Å². The quantitative estimate of drug-likeness (QED) is 0.788. The highest BCUT2D eigenvalue weighted by Gasteiger charge is 2.11. The Bertz CT molecular complexity index is 660. The van der Waals surface area contributed by atoms with E-state index in [0.29, 0.717) is 26.4 Å². The van der Waals surface area contributed by atoms with Gasteiger partial charge in [0.25, 0.3) is 0 Å².